The number of benzene rings is 2. The first kappa shape index (κ1) is 16.4. The van der Waals surface area contributed by atoms with E-state index in [2.05, 4.69) is 10.1 Å². The van der Waals surface area contributed by atoms with Gasteiger partial charge in [0.1, 0.15) is 28.6 Å². The van der Waals surface area contributed by atoms with Gasteiger partial charge in [-0.05, 0) is 24.3 Å². The molecule has 0 saturated heterocycles. The Bertz CT molecular complexity index is 714. The van der Waals surface area contributed by atoms with Crippen molar-refractivity contribution in [3.05, 3.63) is 59.7 Å². The van der Waals surface area contributed by atoms with Crippen LogP contribution in [-0.4, -0.2) is 25.6 Å². The maximum Gasteiger partial charge on any atom is 0.341 e. The highest BCUT2D eigenvalue weighted by Gasteiger charge is 2.15. The Morgan fingerprint density at radius 2 is 1.70 bits per heavy atom. The normalized spacial score (nSPS) is 10.0. The smallest absolute Gasteiger partial charge is 0.341 e. The van der Waals surface area contributed by atoms with Crippen LogP contribution in [0.15, 0.2) is 42.5 Å². The Balaban J connectivity index is 2.04. The van der Waals surface area contributed by atoms with Crippen molar-refractivity contribution >= 4 is 17.6 Å². The summed E-state index contributed by atoms with van der Waals surface area (Å²) in [6, 6.07) is 9.38. The van der Waals surface area contributed by atoms with Gasteiger partial charge in [-0.3, -0.25) is 4.79 Å². The summed E-state index contributed by atoms with van der Waals surface area (Å²) in [4.78, 5) is 23.3. The standard InChI is InChI=1S/C16H13F2NO4/c1-22-16(21)10-5-2-3-8-13(10)23-9-14(20)19-15-11(17)6-4-7-12(15)18/h2-8H,9H2,1H3,(H,19,20). The summed E-state index contributed by atoms with van der Waals surface area (Å²) in [5.74, 6) is -3.06. The van der Waals surface area contributed by atoms with Crippen molar-refractivity contribution in [2.45, 2.75) is 0 Å². The van der Waals surface area contributed by atoms with E-state index in [9.17, 15) is 18.4 Å². The largest absolute Gasteiger partial charge is 0.483 e. The third-order valence-electron chi connectivity index (χ3n) is 2.88. The van der Waals surface area contributed by atoms with Crippen LogP contribution in [-0.2, 0) is 9.53 Å². The van der Waals surface area contributed by atoms with Gasteiger partial charge in [-0.15, -0.1) is 0 Å². The van der Waals surface area contributed by atoms with E-state index in [1.54, 1.807) is 12.1 Å². The van der Waals surface area contributed by atoms with Crippen LogP contribution in [0.5, 0.6) is 5.75 Å². The molecule has 0 fully saturated rings. The molecule has 0 aromatic heterocycles. The third kappa shape index (κ3) is 4.03. The van der Waals surface area contributed by atoms with E-state index < -0.39 is 35.8 Å². The third-order valence-corrected chi connectivity index (χ3v) is 2.88. The number of carbonyl (C=O) groups excluding carboxylic acids is 2. The monoisotopic (exact) mass is 321 g/mol. The molecule has 0 aliphatic heterocycles. The van der Waals surface area contributed by atoms with Crippen molar-refractivity contribution in [2.24, 2.45) is 0 Å². The zero-order valence-electron chi connectivity index (χ0n) is 12.1. The minimum absolute atomic E-state index is 0.128. The van der Waals surface area contributed by atoms with Crippen molar-refractivity contribution in [1.82, 2.24) is 0 Å². The van der Waals surface area contributed by atoms with E-state index in [0.29, 0.717) is 0 Å². The lowest BCUT2D eigenvalue weighted by Crippen LogP contribution is -2.22. The van der Waals surface area contributed by atoms with Gasteiger partial charge in [0.2, 0.25) is 0 Å². The van der Waals surface area contributed by atoms with Gasteiger partial charge in [0.05, 0.1) is 7.11 Å². The number of carbonyl (C=O) groups is 2. The molecule has 0 saturated carbocycles. The lowest BCUT2D eigenvalue weighted by Gasteiger charge is -2.11. The first-order valence-electron chi connectivity index (χ1n) is 6.57. The van der Waals surface area contributed by atoms with Crippen LogP contribution >= 0.6 is 0 Å². The van der Waals surface area contributed by atoms with E-state index >= 15 is 0 Å². The Morgan fingerprint density at radius 3 is 2.35 bits per heavy atom. The number of esters is 1. The van der Waals surface area contributed by atoms with Gasteiger partial charge >= 0.3 is 5.97 Å². The minimum atomic E-state index is -0.895. The lowest BCUT2D eigenvalue weighted by atomic mass is 10.2. The number of hydrogen-bond donors (Lipinski definition) is 1. The van der Waals surface area contributed by atoms with E-state index in [1.165, 1.54) is 25.3 Å². The molecule has 1 N–H and O–H groups in total. The Kier molecular flexibility index (Phi) is 5.24. The van der Waals surface area contributed by atoms with Crippen molar-refractivity contribution < 1.29 is 27.8 Å². The van der Waals surface area contributed by atoms with Gasteiger partial charge in [-0.2, -0.15) is 0 Å². The number of hydrogen-bond acceptors (Lipinski definition) is 4. The summed E-state index contributed by atoms with van der Waals surface area (Å²) in [5.41, 5.74) is -0.415. The van der Waals surface area contributed by atoms with Gasteiger partial charge < -0.3 is 14.8 Å². The highest BCUT2D eigenvalue weighted by Crippen LogP contribution is 2.20. The molecule has 0 bridgehead atoms. The van der Waals surface area contributed by atoms with Gasteiger partial charge in [0.25, 0.3) is 5.91 Å². The fourth-order valence-electron chi connectivity index (χ4n) is 1.81. The first-order valence-corrected chi connectivity index (χ1v) is 6.57. The summed E-state index contributed by atoms with van der Waals surface area (Å²) in [5, 5.41) is 2.08. The Morgan fingerprint density at radius 1 is 1.04 bits per heavy atom. The van der Waals surface area contributed by atoms with E-state index in [1.807, 2.05) is 0 Å². The number of anilines is 1. The number of rotatable bonds is 5. The van der Waals surface area contributed by atoms with Gasteiger partial charge in [0, 0.05) is 0 Å². The summed E-state index contributed by atoms with van der Waals surface area (Å²) < 4.78 is 36.7. The molecule has 0 unspecified atom stereocenters. The molecule has 2 aromatic rings. The topological polar surface area (TPSA) is 64.6 Å². The fourth-order valence-corrected chi connectivity index (χ4v) is 1.81. The van der Waals surface area contributed by atoms with Crippen LogP contribution in [0.3, 0.4) is 0 Å². The second-order valence-electron chi connectivity index (χ2n) is 4.42. The van der Waals surface area contributed by atoms with Gasteiger partial charge in [0.15, 0.2) is 6.61 Å². The molecule has 0 atom stereocenters. The average molecular weight is 321 g/mol. The summed E-state index contributed by atoms with van der Waals surface area (Å²) in [6.45, 7) is -0.526. The Hall–Kier alpha value is -2.96. The molecule has 0 radical (unpaired) electrons. The molecule has 0 aliphatic rings. The predicted molar refractivity (Wildman–Crippen MR) is 78.3 cm³/mol. The zero-order valence-corrected chi connectivity index (χ0v) is 12.1. The second-order valence-corrected chi connectivity index (χ2v) is 4.42. The SMILES string of the molecule is COC(=O)c1ccccc1OCC(=O)Nc1c(F)cccc1F. The fraction of sp³-hybridized carbons (Fsp3) is 0.125. The summed E-state index contributed by atoms with van der Waals surface area (Å²) >= 11 is 0. The molecule has 0 aliphatic carbocycles. The first-order chi connectivity index (χ1) is 11.0. The number of nitrogens with one attached hydrogen (secondary N) is 1. The molecule has 0 spiro atoms. The van der Waals surface area contributed by atoms with E-state index in [0.717, 1.165) is 12.1 Å². The maximum atomic E-state index is 13.4. The van der Waals surface area contributed by atoms with Crippen LogP contribution in [0.1, 0.15) is 10.4 Å². The molecule has 23 heavy (non-hydrogen) atoms. The number of para-hydroxylation sites is 2. The minimum Gasteiger partial charge on any atom is -0.483 e. The van der Waals surface area contributed by atoms with Gasteiger partial charge in [-0.1, -0.05) is 18.2 Å². The summed E-state index contributed by atoms with van der Waals surface area (Å²) in [6.07, 6.45) is 0. The Labute approximate surface area is 130 Å². The van der Waals surface area contributed by atoms with E-state index in [-0.39, 0.29) is 11.3 Å². The summed E-state index contributed by atoms with van der Waals surface area (Å²) in [7, 11) is 1.22. The van der Waals surface area contributed by atoms with Crippen molar-refractivity contribution in [3.8, 4) is 5.75 Å². The average Bonchev–Trinajstić information content (AvgIpc) is 2.56. The number of methoxy groups -OCH3 is 1. The maximum absolute atomic E-state index is 13.4. The molecule has 5 nitrogen and oxygen atoms in total. The molecular formula is C16H13F2NO4. The molecule has 2 rings (SSSR count). The predicted octanol–water partition coefficient (Wildman–Crippen LogP) is 2.77. The van der Waals surface area contributed by atoms with Crippen LogP contribution in [0.4, 0.5) is 14.5 Å². The molecule has 1 amide bonds. The molecule has 7 heteroatoms. The van der Waals surface area contributed by atoms with Crippen molar-refractivity contribution in [3.63, 3.8) is 0 Å². The molecule has 0 heterocycles. The number of halogens is 2. The van der Waals surface area contributed by atoms with Crippen LogP contribution < -0.4 is 10.1 Å². The van der Waals surface area contributed by atoms with E-state index in [4.69, 9.17) is 4.74 Å². The van der Waals surface area contributed by atoms with Crippen LogP contribution in [0, 0.1) is 11.6 Å². The highest BCUT2D eigenvalue weighted by molar-refractivity contribution is 5.94. The zero-order chi connectivity index (χ0) is 16.8. The highest BCUT2D eigenvalue weighted by atomic mass is 19.1. The van der Waals surface area contributed by atoms with Crippen LogP contribution in [0.2, 0.25) is 0 Å². The molecule has 120 valence electrons. The lowest BCUT2D eigenvalue weighted by molar-refractivity contribution is -0.118. The number of amides is 1. The van der Waals surface area contributed by atoms with Crippen LogP contribution in [0.25, 0.3) is 0 Å². The quantitative estimate of drug-likeness (QED) is 0.860. The van der Waals surface area contributed by atoms with Crippen molar-refractivity contribution in [1.29, 1.82) is 0 Å². The second kappa shape index (κ2) is 7.35. The van der Waals surface area contributed by atoms with Crippen molar-refractivity contribution in [2.75, 3.05) is 19.0 Å². The van der Waals surface area contributed by atoms with Gasteiger partial charge in [-0.25, -0.2) is 13.6 Å². The molecule has 2 aromatic carbocycles. The molecular weight excluding hydrogens is 308 g/mol. The number of ether oxygens (including phenoxy) is 2.